The second kappa shape index (κ2) is 4.92. The van der Waals surface area contributed by atoms with E-state index in [1.165, 1.54) is 0 Å². The second-order valence-electron chi connectivity index (χ2n) is 3.56. The fourth-order valence-electron chi connectivity index (χ4n) is 1.64. The molecule has 1 heterocycles. The molecule has 3 heteroatoms. The zero-order valence-corrected chi connectivity index (χ0v) is 9.66. The highest BCUT2D eigenvalue weighted by Gasteiger charge is 2.17. The molecule has 0 N–H and O–H groups in total. The van der Waals surface area contributed by atoms with Gasteiger partial charge in [-0.15, -0.1) is 0 Å². The molecular formula is C13H16O3. The molecule has 0 fully saturated rings. The van der Waals surface area contributed by atoms with Gasteiger partial charge in [-0.05, 0) is 24.1 Å². The van der Waals surface area contributed by atoms with Crippen LogP contribution >= 0.6 is 0 Å². The summed E-state index contributed by atoms with van der Waals surface area (Å²) in [5.41, 5.74) is 1.07. The van der Waals surface area contributed by atoms with Crippen LogP contribution in [0, 0.1) is 0 Å². The van der Waals surface area contributed by atoms with Gasteiger partial charge in [-0.25, -0.2) is 0 Å². The number of benzene rings is 1. The van der Waals surface area contributed by atoms with Gasteiger partial charge in [-0.1, -0.05) is 19.1 Å². The van der Waals surface area contributed by atoms with E-state index in [9.17, 15) is 0 Å². The SMILES string of the molecule is CC/C=C/c1cc(OC)c2c(c1)OCCO2. The van der Waals surface area contributed by atoms with Crippen LogP contribution in [0.3, 0.4) is 0 Å². The molecule has 2 rings (SSSR count). The van der Waals surface area contributed by atoms with Gasteiger partial charge in [0.05, 0.1) is 7.11 Å². The van der Waals surface area contributed by atoms with Crippen LogP contribution in [0.25, 0.3) is 6.08 Å². The number of rotatable bonds is 3. The largest absolute Gasteiger partial charge is 0.493 e. The Morgan fingerprint density at radius 1 is 1.31 bits per heavy atom. The summed E-state index contributed by atoms with van der Waals surface area (Å²) in [7, 11) is 1.64. The molecule has 0 aliphatic carbocycles. The van der Waals surface area contributed by atoms with Crippen molar-refractivity contribution in [1.29, 1.82) is 0 Å². The molecule has 1 aromatic carbocycles. The van der Waals surface area contributed by atoms with Crippen molar-refractivity contribution in [3.05, 3.63) is 23.8 Å². The number of hydrogen-bond acceptors (Lipinski definition) is 3. The van der Waals surface area contributed by atoms with E-state index in [4.69, 9.17) is 14.2 Å². The molecule has 0 saturated carbocycles. The number of fused-ring (bicyclic) bond motifs is 1. The Balaban J connectivity index is 2.39. The molecule has 1 aliphatic rings. The highest BCUT2D eigenvalue weighted by atomic mass is 16.6. The lowest BCUT2D eigenvalue weighted by Gasteiger charge is -2.20. The molecule has 0 aromatic heterocycles. The van der Waals surface area contributed by atoms with Gasteiger partial charge in [0, 0.05) is 0 Å². The average molecular weight is 220 g/mol. The Morgan fingerprint density at radius 3 is 2.88 bits per heavy atom. The first-order valence-electron chi connectivity index (χ1n) is 5.49. The Hall–Kier alpha value is -1.64. The van der Waals surface area contributed by atoms with Crippen molar-refractivity contribution in [2.45, 2.75) is 13.3 Å². The van der Waals surface area contributed by atoms with E-state index < -0.39 is 0 Å². The smallest absolute Gasteiger partial charge is 0.203 e. The normalized spacial score (nSPS) is 14.1. The minimum Gasteiger partial charge on any atom is -0.493 e. The Kier molecular flexibility index (Phi) is 3.34. The van der Waals surface area contributed by atoms with Gasteiger partial charge >= 0.3 is 0 Å². The molecule has 0 radical (unpaired) electrons. The Labute approximate surface area is 95.6 Å². The van der Waals surface area contributed by atoms with Gasteiger partial charge in [0.1, 0.15) is 13.2 Å². The van der Waals surface area contributed by atoms with Crippen molar-refractivity contribution >= 4 is 6.08 Å². The first-order chi connectivity index (χ1) is 7.85. The highest BCUT2D eigenvalue weighted by molar-refractivity contribution is 5.62. The molecule has 0 spiro atoms. The molecule has 3 nitrogen and oxygen atoms in total. The number of methoxy groups -OCH3 is 1. The Bertz CT molecular complexity index is 379. The minimum absolute atomic E-state index is 0.577. The minimum atomic E-state index is 0.577. The van der Waals surface area contributed by atoms with E-state index in [2.05, 4.69) is 19.1 Å². The fourth-order valence-corrected chi connectivity index (χ4v) is 1.64. The van der Waals surface area contributed by atoms with E-state index in [-0.39, 0.29) is 0 Å². The van der Waals surface area contributed by atoms with Crippen molar-refractivity contribution in [3.63, 3.8) is 0 Å². The third-order valence-corrected chi connectivity index (χ3v) is 2.40. The number of ether oxygens (including phenoxy) is 3. The first-order valence-corrected chi connectivity index (χ1v) is 5.49. The first kappa shape index (κ1) is 10.9. The standard InChI is InChI=1S/C13H16O3/c1-3-4-5-10-8-11(14-2)13-12(9-10)15-6-7-16-13/h4-5,8-9H,3,6-7H2,1-2H3/b5-4+. The fraction of sp³-hybridized carbons (Fsp3) is 0.385. The van der Waals surface area contributed by atoms with Crippen LogP contribution in [0.4, 0.5) is 0 Å². The lowest BCUT2D eigenvalue weighted by atomic mass is 10.1. The molecule has 1 aliphatic heterocycles. The monoisotopic (exact) mass is 220 g/mol. The predicted octanol–water partition coefficient (Wildman–Crippen LogP) is 2.89. The second-order valence-corrected chi connectivity index (χ2v) is 3.56. The van der Waals surface area contributed by atoms with Gasteiger partial charge in [0.25, 0.3) is 0 Å². The number of allylic oxidation sites excluding steroid dienone is 1. The summed E-state index contributed by atoms with van der Waals surface area (Å²) in [5.74, 6) is 2.21. The van der Waals surface area contributed by atoms with Crippen molar-refractivity contribution in [2.75, 3.05) is 20.3 Å². The van der Waals surface area contributed by atoms with Crippen LogP contribution in [0.2, 0.25) is 0 Å². The van der Waals surface area contributed by atoms with Crippen LogP contribution in [0.1, 0.15) is 18.9 Å². The third kappa shape index (κ3) is 2.13. The van der Waals surface area contributed by atoms with E-state index in [1.54, 1.807) is 7.11 Å². The van der Waals surface area contributed by atoms with Crippen LogP contribution < -0.4 is 14.2 Å². The predicted molar refractivity (Wildman–Crippen MR) is 63.3 cm³/mol. The van der Waals surface area contributed by atoms with Crippen molar-refractivity contribution < 1.29 is 14.2 Å². The maximum absolute atomic E-state index is 5.55. The summed E-state index contributed by atoms with van der Waals surface area (Å²) in [5, 5.41) is 0. The summed E-state index contributed by atoms with van der Waals surface area (Å²) in [6.45, 7) is 3.27. The van der Waals surface area contributed by atoms with Gasteiger partial charge < -0.3 is 14.2 Å². The van der Waals surface area contributed by atoms with Gasteiger partial charge in [0.2, 0.25) is 5.75 Å². The molecule has 0 amide bonds. The van der Waals surface area contributed by atoms with Crippen LogP contribution in [0.5, 0.6) is 17.2 Å². The zero-order chi connectivity index (χ0) is 11.4. The van der Waals surface area contributed by atoms with Crippen LogP contribution in [0.15, 0.2) is 18.2 Å². The summed E-state index contributed by atoms with van der Waals surface area (Å²) < 4.78 is 16.4. The molecular weight excluding hydrogens is 204 g/mol. The summed E-state index contributed by atoms with van der Waals surface area (Å²) in [6, 6.07) is 3.93. The quantitative estimate of drug-likeness (QED) is 0.784. The zero-order valence-electron chi connectivity index (χ0n) is 9.66. The molecule has 86 valence electrons. The molecule has 0 unspecified atom stereocenters. The van der Waals surface area contributed by atoms with Gasteiger partial charge in [-0.2, -0.15) is 0 Å². The van der Waals surface area contributed by atoms with Crippen molar-refractivity contribution in [2.24, 2.45) is 0 Å². The maximum Gasteiger partial charge on any atom is 0.203 e. The summed E-state index contributed by atoms with van der Waals surface area (Å²) >= 11 is 0. The average Bonchev–Trinajstić information content (AvgIpc) is 2.35. The van der Waals surface area contributed by atoms with E-state index >= 15 is 0 Å². The molecule has 1 aromatic rings. The number of hydrogen-bond donors (Lipinski definition) is 0. The van der Waals surface area contributed by atoms with E-state index in [0.717, 1.165) is 23.5 Å². The van der Waals surface area contributed by atoms with Crippen molar-refractivity contribution in [3.8, 4) is 17.2 Å². The lowest BCUT2D eigenvalue weighted by Crippen LogP contribution is -2.16. The van der Waals surface area contributed by atoms with Crippen molar-refractivity contribution in [1.82, 2.24) is 0 Å². The van der Waals surface area contributed by atoms with Crippen LogP contribution in [-0.2, 0) is 0 Å². The Morgan fingerprint density at radius 2 is 2.12 bits per heavy atom. The third-order valence-electron chi connectivity index (χ3n) is 2.40. The van der Waals surface area contributed by atoms with E-state index in [0.29, 0.717) is 19.0 Å². The topological polar surface area (TPSA) is 27.7 Å². The lowest BCUT2D eigenvalue weighted by molar-refractivity contribution is 0.165. The van der Waals surface area contributed by atoms with Gasteiger partial charge in [-0.3, -0.25) is 0 Å². The molecule has 16 heavy (non-hydrogen) atoms. The summed E-state index contributed by atoms with van der Waals surface area (Å²) in [4.78, 5) is 0. The van der Waals surface area contributed by atoms with Crippen LogP contribution in [-0.4, -0.2) is 20.3 Å². The van der Waals surface area contributed by atoms with E-state index in [1.807, 2.05) is 12.1 Å². The summed E-state index contributed by atoms with van der Waals surface area (Å²) in [6.07, 6.45) is 5.17. The van der Waals surface area contributed by atoms with Gasteiger partial charge in [0.15, 0.2) is 11.5 Å². The maximum atomic E-state index is 5.55. The molecule has 0 saturated heterocycles. The molecule has 0 atom stereocenters. The highest BCUT2D eigenvalue weighted by Crippen LogP contribution is 2.40. The molecule has 0 bridgehead atoms.